The minimum absolute atomic E-state index is 0.0150. The average molecular weight is 221 g/mol. The lowest BCUT2D eigenvalue weighted by Crippen LogP contribution is -1.97. The van der Waals surface area contributed by atoms with Crippen LogP contribution in [0.4, 0.5) is 0 Å². The number of nitrogens with zero attached hydrogens (tertiary/aromatic N) is 1. The Morgan fingerprint density at radius 1 is 1.53 bits per heavy atom. The molecule has 4 nitrogen and oxygen atoms in total. The van der Waals surface area contributed by atoms with Crippen LogP contribution in [0.1, 0.15) is 21.9 Å². The Morgan fingerprint density at radius 3 is 3.20 bits per heavy atom. The molecule has 0 amide bonds. The van der Waals surface area contributed by atoms with Gasteiger partial charge in [-0.25, -0.2) is 9.17 Å². The number of rotatable bonds is 1. The van der Waals surface area contributed by atoms with Crippen LogP contribution in [-0.4, -0.2) is 15.4 Å². The first-order chi connectivity index (χ1) is 7.25. The Labute approximate surface area is 89.3 Å². The molecule has 76 valence electrons. The smallest absolute Gasteiger partial charge is 0.371 e. The summed E-state index contributed by atoms with van der Waals surface area (Å²) in [7, 11) is 0. The van der Waals surface area contributed by atoms with E-state index in [1.165, 1.54) is 17.1 Å². The average Bonchev–Trinajstić information content (AvgIpc) is 2.82. The molecule has 0 spiro atoms. The zero-order valence-corrected chi connectivity index (χ0v) is 8.50. The normalized spacial score (nSPS) is 13.3. The molecular weight excluding hydrogens is 214 g/mol. The summed E-state index contributed by atoms with van der Waals surface area (Å²) in [6.45, 7) is 0. The summed E-state index contributed by atoms with van der Waals surface area (Å²) in [5, 5.41) is 8.83. The lowest BCUT2D eigenvalue weighted by atomic mass is 9.98. The molecule has 0 atom stereocenters. The van der Waals surface area contributed by atoms with Gasteiger partial charge in [0.1, 0.15) is 5.76 Å². The van der Waals surface area contributed by atoms with Gasteiger partial charge in [0.05, 0.1) is 4.88 Å². The predicted molar refractivity (Wildman–Crippen MR) is 54.2 cm³/mol. The van der Waals surface area contributed by atoms with E-state index in [4.69, 9.17) is 9.52 Å². The number of hydrogen-bond acceptors (Lipinski definition) is 4. The van der Waals surface area contributed by atoms with Gasteiger partial charge in [-0.1, -0.05) is 0 Å². The van der Waals surface area contributed by atoms with Crippen LogP contribution in [0.3, 0.4) is 0 Å². The number of carboxylic acid groups (broad SMARTS) is 1. The fourth-order valence-electron chi connectivity index (χ4n) is 1.82. The molecule has 0 aliphatic heterocycles. The van der Waals surface area contributed by atoms with E-state index in [9.17, 15) is 4.79 Å². The number of fused-ring (bicyclic) bond motifs is 3. The van der Waals surface area contributed by atoms with Gasteiger partial charge in [-0.3, -0.25) is 0 Å². The van der Waals surface area contributed by atoms with Crippen LogP contribution in [0.2, 0.25) is 0 Å². The highest BCUT2D eigenvalue weighted by Gasteiger charge is 2.24. The predicted octanol–water partition coefficient (Wildman–Crippen LogP) is 2.20. The highest BCUT2D eigenvalue weighted by Crippen LogP contribution is 2.37. The standard InChI is InChI=1S/C10H7NO3S/c12-10(13)8-3-6-7(14-8)2-1-5-4-11-15-9(5)6/h3-4H,1-2H2,(H,12,13). The number of hydrogen-bond donors (Lipinski definition) is 1. The Kier molecular flexibility index (Phi) is 1.70. The molecule has 0 fully saturated rings. The second-order valence-electron chi connectivity index (χ2n) is 3.43. The van der Waals surface area contributed by atoms with Crippen molar-refractivity contribution in [2.75, 3.05) is 0 Å². The highest BCUT2D eigenvalue weighted by atomic mass is 32.1. The van der Waals surface area contributed by atoms with Gasteiger partial charge in [-0.05, 0) is 23.5 Å². The molecule has 1 aliphatic carbocycles. The molecule has 2 aromatic heterocycles. The molecule has 15 heavy (non-hydrogen) atoms. The van der Waals surface area contributed by atoms with Gasteiger partial charge >= 0.3 is 5.97 Å². The van der Waals surface area contributed by atoms with Crippen molar-refractivity contribution in [3.05, 3.63) is 29.3 Å². The van der Waals surface area contributed by atoms with Crippen LogP contribution >= 0.6 is 11.5 Å². The van der Waals surface area contributed by atoms with Crippen LogP contribution in [0, 0.1) is 0 Å². The van der Waals surface area contributed by atoms with Crippen LogP contribution in [-0.2, 0) is 12.8 Å². The van der Waals surface area contributed by atoms with Crippen LogP contribution < -0.4 is 0 Å². The summed E-state index contributed by atoms with van der Waals surface area (Å²) in [6, 6.07) is 1.59. The molecular formula is C10H7NO3S. The van der Waals surface area contributed by atoms with Gasteiger partial charge in [0.2, 0.25) is 5.76 Å². The van der Waals surface area contributed by atoms with E-state index in [0.717, 1.165) is 29.0 Å². The minimum Gasteiger partial charge on any atom is -0.475 e. The number of carboxylic acids is 1. The van der Waals surface area contributed by atoms with Crippen molar-refractivity contribution in [3.63, 3.8) is 0 Å². The summed E-state index contributed by atoms with van der Waals surface area (Å²) in [5.41, 5.74) is 2.08. The molecule has 0 unspecified atom stereocenters. The molecule has 2 aromatic rings. The second kappa shape index (κ2) is 2.93. The lowest BCUT2D eigenvalue weighted by molar-refractivity contribution is 0.0660. The number of furan rings is 1. The van der Waals surface area contributed by atoms with Crippen molar-refractivity contribution in [3.8, 4) is 10.4 Å². The Morgan fingerprint density at radius 2 is 2.40 bits per heavy atom. The molecule has 1 N–H and O–H groups in total. The molecule has 3 rings (SSSR count). The molecule has 0 aromatic carbocycles. The number of carbonyl (C=O) groups is 1. The molecule has 0 saturated carbocycles. The SMILES string of the molecule is O=C(O)c1cc2c(o1)CCc1cnsc1-2. The third-order valence-corrected chi connectivity index (χ3v) is 3.41. The van der Waals surface area contributed by atoms with Gasteiger partial charge < -0.3 is 9.52 Å². The van der Waals surface area contributed by atoms with Gasteiger partial charge in [0.25, 0.3) is 0 Å². The monoisotopic (exact) mass is 221 g/mol. The Hall–Kier alpha value is -1.62. The first kappa shape index (κ1) is 8.67. The van der Waals surface area contributed by atoms with Crippen LogP contribution in [0.25, 0.3) is 10.4 Å². The largest absolute Gasteiger partial charge is 0.475 e. The fraction of sp³-hybridized carbons (Fsp3) is 0.200. The third-order valence-electron chi connectivity index (χ3n) is 2.53. The zero-order valence-electron chi connectivity index (χ0n) is 7.69. The van der Waals surface area contributed by atoms with E-state index in [2.05, 4.69) is 4.37 Å². The zero-order chi connectivity index (χ0) is 10.4. The maximum absolute atomic E-state index is 10.8. The van der Waals surface area contributed by atoms with E-state index in [0.29, 0.717) is 0 Å². The molecule has 0 bridgehead atoms. The molecule has 5 heteroatoms. The van der Waals surface area contributed by atoms with E-state index in [-0.39, 0.29) is 5.76 Å². The summed E-state index contributed by atoms with van der Waals surface area (Å²) in [4.78, 5) is 11.8. The Bertz CT molecular complexity index is 541. The molecule has 0 radical (unpaired) electrons. The van der Waals surface area contributed by atoms with Crippen molar-refractivity contribution in [2.45, 2.75) is 12.8 Å². The topological polar surface area (TPSA) is 63.3 Å². The summed E-state index contributed by atoms with van der Waals surface area (Å²) in [5.74, 6) is -0.235. The van der Waals surface area contributed by atoms with E-state index in [1.54, 1.807) is 6.07 Å². The first-order valence-electron chi connectivity index (χ1n) is 4.55. The second-order valence-corrected chi connectivity index (χ2v) is 4.23. The van der Waals surface area contributed by atoms with Crippen molar-refractivity contribution < 1.29 is 14.3 Å². The first-order valence-corrected chi connectivity index (χ1v) is 5.33. The maximum atomic E-state index is 10.8. The van der Waals surface area contributed by atoms with E-state index < -0.39 is 5.97 Å². The highest BCUT2D eigenvalue weighted by molar-refractivity contribution is 7.09. The van der Waals surface area contributed by atoms with E-state index in [1.807, 2.05) is 6.20 Å². The van der Waals surface area contributed by atoms with E-state index >= 15 is 0 Å². The quantitative estimate of drug-likeness (QED) is 0.801. The fourth-order valence-corrected chi connectivity index (χ4v) is 2.65. The molecule has 2 heterocycles. The molecule has 0 saturated heterocycles. The third kappa shape index (κ3) is 1.20. The Balaban J connectivity index is 2.20. The summed E-state index contributed by atoms with van der Waals surface area (Å²) in [6.07, 6.45) is 3.48. The van der Waals surface area contributed by atoms with Gasteiger partial charge in [0.15, 0.2) is 0 Å². The summed E-state index contributed by atoms with van der Waals surface area (Å²) < 4.78 is 9.38. The van der Waals surface area contributed by atoms with Gasteiger partial charge in [-0.2, -0.15) is 0 Å². The summed E-state index contributed by atoms with van der Waals surface area (Å²) >= 11 is 1.39. The van der Waals surface area contributed by atoms with Crippen LogP contribution in [0.15, 0.2) is 16.7 Å². The maximum Gasteiger partial charge on any atom is 0.371 e. The van der Waals surface area contributed by atoms with Crippen LogP contribution in [0.5, 0.6) is 0 Å². The van der Waals surface area contributed by atoms with Gasteiger partial charge in [0, 0.05) is 24.2 Å². The van der Waals surface area contributed by atoms with Crippen molar-refractivity contribution in [1.29, 1.82) is 0 Å². The molecule has 1 aliphatic rings. The number of aryl methyl sites for hydroxylation is 2. The van der Waals surface area contributed by atoms with Gasteiger partial charge in [-0.15, -0.1) is 0 Å². The van der Waals surface area contributed by atoms with Crippen molar-refractivity contribution in [1.82, 2.24) is 4.37 Å². The number of aromatic carboxylic acids is 1. The minimum atomic E-state index is -1.02. The van der Waals surface area contributed by atoms with Crippen molar-refractivity contribution in [2.24, 2.45) is 0 Å². The van der Waals surface area contributed by atoms with Crippen molar-refractivity contribution >= 4 is 17.5 Å². The lowest BCUT2D eigenvalue weighted by Gasteiger charge is -2.08. The number of aromatic nitrogens is 1.